The predicted molar refractivity (Wildman–Crippen MR) is 113 cm³/mol. The number of urea groups is 1. The normalized spacial score (nSPS) is 22.7. The predicted octanol–water partition coefficient (Wildman–Crippen LogP) is 2.84. The highest BCUT2D eigenvalue weighted by molar-refractivity contribution is 5.77. The Morgan fingerprint density at radius 1 is 0.931 bits per heavy atom. The first-order valence-electron chi connectivity index (χ1n) is 11.3. The van der Waals surface area contributed by atoms with Crippen LogP contribution in [-0.4, -0.2) is 71.4 Å². The number of hydrogen-bond acceptors (Lipinski definition) is 3. The van der Waals surface area contributed by atoms with Crippen LogP contribution in [-0.2, 0) is 11.3 Å². The van der Waals surface area contributed by atoms with Crippen LogP contribution in [0.4, 0.5) is 4.79 Å². The van der Waals surface area contributed by atoms with Gasteiger partial charge in [-0.15, -0.1) is 0 Å². The van der Waals surface area contributed by atoms with Crippen molar-refractivity contribution in [3.05, 3.63) is 35.9 Å². The third-order valence-electron chi connectivity index (χ3n) is 6.72. The highest BCUT2D eigenvalue weighted by Crippen LogP contribution is 2.22. The molecule has 0 aliphatic carbocycles. The lowest BCUT2D eigenvalue weighted by Crippen LogP contribution is -2.54. The molecule has 6 heteroatoms. The first-order valence-corrected chi connectivity index (χ1v) is 11.3. The summed E-state index contributed by atoms with van der Waals surface area (Å²) in [4.78, 5) is 31.3. The summed E-state index contributed by atoms with van der Waals surface area (Å²) in [6.07, 6.45) is 6.69. The Labute approximate surface area is 174 Å². The molecule has 0 unspecified atom stereocenters. The Hall–Kier alpha value is -2.08. The smallest absolute Gasteiger partial charge is 0.317 e. The Morgan fingerprint density at radius 3 is 2.34 bits per heavy atom. The molecule has 4 rings (SSSR count). The van der Waals surface area contributed by atoms with E-state index in [-0.39, 0.29) is 12.1 Å². The number of carbonyl (C=O) groups excluding carboxylic acids is 2. The summed E-state index contributed by atoms with van der Waals surface area (Å²) in [7, 11) is 0. The molecule has 1 aromatic carbocycles. The van der Waals surface area contributed by atoms with Gasteiger partial charge in [-0.2, -0.15) is 0 Å². The zero-order valence-corrected chi connectivity index (χ0v) is 17.4. The lowest BCUT2D eigenvalue weighted by atomic mass is 9.99. The van der Waals surface area contributed by atoms with Gasteiger partial charge in [0.2, 0.25) is 5.91 Å². The molecule has 158 valence electrons. The molecule has 3 amide bonds. The number of nitrogens with zero attached hydrogens (tertiary/aromatic N) is 3. The molecule has 1 N–H and O–H groups in total. The van der Waals surface area contributed by atoms with Crippen LogP contribution < -0.4 is 5.32 Å². The third kappa shape index (κ3) is 5.30. The summed E-state index contributed by atoms with van der Waals surface area (Å²) < 4.78 is 0. The van der Waals surface area contributed by atoms with Crippen molar-refractivity contribution in [2.24, 2.45) is 0 Å². The van der Waals surface area contributed by atoms with Crippen LogP contribution in [0.2, 0.25) is 0 Å². The first-order chi connectivity index (χ1) is 14.2. The fraction of sp³-hybridized carbons (Fsp3) is 0.652. The molecule has 0 bridgehead atoms. The van der Waals surface area contributed by atoms with E-state index in [1.807, 2.05) is 4.90 Å². The highest BCUT2D eigenvalue weighted by Gasteiger charge is 2.31. The van der Waals surface area contributed by atoms with Crippen LogP contribution in [0.25, 0.3) is 0 Å². The fourth-order valence-electron chi connectivity index (χ4n) is 4.94. The Morgan fingerprint density at radius 2 is 1.66 bits per heavy atom. The fourth-order valence-corrected chi connectivity index (χ4v) is 4.94. The number of nitrogens with one attached hydrogen (secondary N) is 1. The van der Waals surface area contributed by atoms with Gasteiger partial charge >= 0.3 is 6.03 Å². The van der Waals surface area contributed by atoms with Crippen molar-refractivity contribution in [1.29, 1.82) is 0 Å². The Kier molecular flexibility index (Phi) is 6.70. The third-order valence-corrected chi connectivity index (χ3v) is 6.72. The van der Waals surface area contributed by atoms with Gasteiger partial charge in [0.25, 0.3) is 0 Å². The largest absolute Gasteiger partial charge is 0.340 e. The molecule has 29 heavy (non-hydrogen) atoms. The number of amides is 3. The maximum atomic E-state index is 12.7. The van der Waals surface area contributed by atoms with Gasteiger partial charge in [-0.1, -0.05) is 30.3 Å². The van der Waals surface area contributed by atoms with Crippen molar-refractivity contribution in [3.63, 3.8) is 0 Å². The van der Waals surface area contributed by atoms with E-state index in [4.69, 9.17) is 0 Å². The van der Waals surface area contributed by atoms with E-state index in [0.29, 0.717) is 18.4 Å². The van der Waals surface area contributed by atoms with E-state index < -0.39 is 0 Å². The lowest BCUT2D eigenvalue weighted by Gasteiger charge is -2.41. The lowest BCUT2D eigenvalue weighted by molar-refractivity contribution is -0.136. The van der Waals surface area contributed by atoms with Gasteiger partial charge in [0, 0.05) is 57.8 Å². The monoisotopic (exact) mass is 398 g/mol. The van der Waals surface area contributed by atoms with Gasteiger partial charge in [0.05, 0.1) is 0 Å². The standard InChI is InChI=1S/C23H34N4O2/c28-22-8-4-5-13-27(22)21-11-16-26(17-12-21)23(29)24-20-9-14-25(15-10-20)18-19-6-2-1-3-7-19/h1-3,6-7,20-21H,4-5,8-18H2,(H,24,29). The van der Waals surface area contributed by atoms with Gasteiger partial charge < -0.3 is 15.1 Å². The molecule has 0 spiro atoms. The van der Waals surface area contributed by atoms with E-state index >= 15 is 0 Å². The highest BCUT2D eigenvalue weighted by atomic mass is 16.2. The minimum atomic E-state index is 0.0786. The van der Waals surface area contributed by atoms with Crippen LogP contribution >= 0.6 is 0 Å². The minimum Gasteiger partial charge on any atom is -0.340 e. The molecule has 3 fully saturated rings. The van der Waals surface area contributed by atoms with Crippen LogP contribution in [0, 0.1) is 0 Å². The summed E-state index contributed by atoms with van der Waals surface area (Å²) in [5.74, 6) is 0.307. The quantitative estimate of drug-likeness (QED) is 0.849. The summed E-state index contributed by atoms with van der Waals surface area (Å²) >= 11 is 0. The van der Waals surface area contributed by atoms with Crippen LogP contribution in [0.15, 0.2) is 30.3 Å². The molecule has 3 aliphatic heterocycles. The number of carbonyl (C=O) groups is 2. The molecule has 0 atom stereocenters. The molecule has 3 saturated heterocycles. The molecule has 0 radical (unpaired) electrons. The van der Waals surface area contributed by atoms with Crippen LogP contribution in [0.3, 0.4) is 0 Å². The van der Waals surface area contributed by atoms with Gasteiger partial charge in [-0.05, 0) is 44.1 Å². The van der Waals surface area contributed by atoms with E-state index in [2.05, 4.69) is 45.4 Å². The average Bonchev–Trinajstić information content (AvgIpc) is 2.76. The maximum Gasteiger partial charge on any atom is 0.317 e. The van der Waals surface area contributed by atoms with Gasteiger partial charge in [-0.25, -0.2) is 4.79 Å². The molecular formula is C23H34N4O2. The molecular weight excluding hydrogens is 364 g/mol. The van der Waals surface area contributed by atoms with Crippen molar-refractivity contribution in [1.82, 2.24) is 20.0 Å². The Balaban J connectivity index is 1.17. The van der Waals surface area contributed by atoms with E-state index in [9.17, 15) is 9.59 Å². The molecule has 3 heterocycles. The summed E-state index contributed by atoms with van der Waals surface area (Å²) in [6, 6.07) is 11.3. The number of hydrogen-bond donors (Lipinski definition) is 1. The number of likely N-dealkylation sites (tertiary alicyclic amines) is 3. The van der Waals surface area contributed by atoms with Crippen molar-refractivity contribution in [3.8, 4) is 0 Å². The zero-order valence-electron chi connectivity index (χ0n) is 17.4. The second-order valence-corrected chi connectivity index (χ2v) is 8.75. The van der Waals surface area contributed by atoms with Gasteiger partial charge in [0.1, 0.15) is 0 Å². The van der Waals surface area contributed by atoms with Crippen molar-refractivity contribution < 1.29 is 9.59 Å². The first kappa shape index (κ1) is 20.2. The summed E-state index contributed by atoms with van der Waals surface area (Å²) in [6.45, 7) is 5.46. The van der Waals surface area contributed by atoms with Crippen LogP contribution in [0.1, 0.15) is 50.5 Å². The van der Waals surface area contributed by atoms with E-state index in [0.717, 1.165) is 77.8 Å². The second kappa shape index (κ2) is 9.61. The minimum absolute atomic E-state index is 0.0786. The number of piperidine rings is 3. The zero-order chi connectivity index (χ0) is 20.1. The summed E-state index contributed by atoms with van der Waals surface area (Å²) in [5.41, 5.74) is 1.35. The average molecular weight is 399 g/mol. The topological polar surface area (TPSA) is 55.9 Å². The molecule has 1 aromatic rings. The number of rotatable bonds is 4. The SMILES string of the molecule is O=C(NC1CCN(Cc2ccccc2)CC1)N1CCC(N2CCCCC2=O)CC1. The molecule has 0 aromatic heterocycles. The molecule has 6 nitrogen and oxygen atoms in total. The molecule has 0 saturated carbocycles. The van der Waals surface area contributed by atoms with Crippen molar-refractivity contribution in [2.75, 3.05) is 32.7 Å². The van der Waals surface area contributed by atoms with Gasteiger partial charge in [0.15, 0.2) is 0 Å². The van der Waals surface area contributed by atoms with Crippen molar-refractivity contribution >= 4 is 11.9 Å². The van der Waals surface area contributed by atoms with Gasteiger partial charge in [-0.3, -0.25) is 9.69 Å². The molecule has 3 aliphatic rings. The van der Waals surface area contributed by atoms with Crippen LogP contribution in [0.5, 0.6) is 0 Å². The second-order valence-electron chi connectivity index (χ2n) is 8.75. The van der Waals surface area contributed by atoms with Crippen molar-refractivity contribution in [2.45, 2.75) is 63.6 Å². The maximum absolute atomic E-state index is 12.7. The van der Waals surface area contributed by atoms with E-state index in [1.165, 1.54) is 5.56 Å². The van der Waals surface area contributed by atoms with E-state index in [1.54, 1.807) is 0 Å². The Bertz CT molecular complexity index is 679. The summed E-state index contributed by atoms with van der Waals surface area (Å²) in [5, 5.41) is 3.26. The number of benzene rings is 1.